The minimum absolute atomic E-state index is 0.328. The van der Waals surface area contributed by atoms with E-state index in [4.69, 9.17) is 5.73 Å². The number of aryl methyl sites for hydroxylation is 1. The molecule has 0 spiro atoms. The highest BCUT2D eigenvalue weighted by Gasteiger charge is 2.29. The number of hydrogen-bond acceptors (Lipinski definition) is 7. The van der Waals surface area contributed by atoms with Crippen LogP contribution < -0.4 is 10.6 Å². The summed E-state index contributed by atoms with van der Waals surface area (Å²) in [5.74, 6) is 1.15. The van der Waals surface area contributed by atoms with E-state index in [0.717, 1.165) is 16.8 Å². The van der Waals surface area contributed by atoms with E-state index in [9.17, 15) is 8.42 Å². The number of aromatic nitrogens is 3. The van der Waals surface area contributed by atoms with E-state index in [1.165, 1.54) is 10.6 Å². The summed E-state index contributed by atoms with van der Waals surface area (Å²) in [5.41, 5.74) is 7.29. The zero-order valence-corrected chi connectivity index (χ0v) is 15.7. The molecule has 1 aliphatic rings. The first-order valence-corrected chi connectivity index (χ1v) is 10.1. The Labute approximate surface area is 157 Å². The van der Waals surface area contributed by atoms with E-state index in [1.54, 1.807) is 18.2 Å². The fraction of sp³-hybridized carbons (Fsp3) is 0.278. The molecule has 3 heterocycles. The van der Waals surface area contributed by atoms with Gasteiger partial charge in [-0.05, 0) is 31.2 Å². The first-order chi connectivity index (χ1) is 12.9. The number of sulfonamides is 1. The first-order valence-electron chi connectivity index (χ1n) is 8.64. The lowest BCUT2D eigenvalue weighted by Gasteiger charge is -2.35. The molecule has 0 saturated carbocycles. The van der Waals surface area contributed by atoms with Crippen molar-refractivity contribution in [2.45, 2.75) is 11.8 Å². The summed E-state index contributed by atoms with van der Waals surface area (Å²) >= 11 is 0. The number of piperazine rings is 1. The van der Waals surface area contributed by atoms with Gasteiger partial charge in [-0.15, -0.1) is 0 Å². The molecule has 2 N–H and O–H groups in total. The van der Waals surface area contributed by atoms with Crippen LogP contribution in [0.15, 0.2) is 47.6 Å². The zero-order chi connectivity index (χ0) is 19.0. The highest BCUT2D eigenvalue weighted by Crippen LogP contribution is 2.25. The Bertz CT molecular complexity index is 1080. The summed E-state index contributed by atoms with van der Waals surface area (Å²) in [7, 11) is -3.49. The number of nitrogens with two attached hydrogens (primary N) is 1. The van der Waals surface area contributed by atoms with Crippen molar-refractivity contribution in [3.8, 4) is 0 Å². The summed E-state index contributed by atoms with van der Waals surface area (Å²) in [4.78, 5) is 15.2. The molecule has 0 aliphatic carbocycles. The topological polar surface area (TPSA) is 105 Å². The third-order valence-corrected chi connectivity index (χ3v) is 6.61. The predicted molar refractivity (Wildman–Crippen MR) is 104 cm³/mol. The van der Waals surface area contributed by atoms with Crippen molar-refractivity contribution in [3.05, 3.63) is 48.3 Å². The lowest BCUT2D eigenvalue weighted by molar-refractivity contribution is 0.384. The van der Waals surface area contributed by atoms with Gasteiger partial charge in [-0.1, -0.05) is 17.7 Å². The molecule has 0 radical (unpaired) electrons. The van der Waals surface area contributed by atoms with Crippen molar-refractivity contribution in [2.75, 3.05) is 36.8 Å². The van der Waals surface area contributed by atoms with Gasteiger partial charge in [-0.3, -0.25) is 0 Å². The van der Waals surface area contributed by atoms with Crippen molar-refractivity contribution < 1.29 is 8.42 Å². The summed E-state index contributed by atoms with van der Waals surface area (Å²) in [6.45, 7) is 3.81. The molecule has 8 nitrogen and oxygen atoms in total. The largest absolute Gasteiger partial charge is 0.384 e. The van der Waals surface area contributed by atoms with Crippen LogP contribution in [0, 0.1) is 6.92 Å². The van der Waals surface area contributed by atoms with Crippen molar-refractivity contribution in [2.24, 2.45) is 0 Å². The smallest absolute Gasteiger partial charge is 0.243 e. The number of rotatable bonds is 3. The monoisotopic (exact) mass is 384 g/mol. The maximum atomic E-state index is 12.8. The fourth-order valence-electron chi connectivity index (χ4n) is 3.20. The van der Waals surface area contributed by atoms with Crippen LogP contribution >= 0.6 is 0 Å². The van der Waals surface area contributed by atoms with E-state index in [1.807, 2.05) is 25.1 Å². The second kappa shape index (κ2) is 6.75. The third kappa shape index (κ3) is 3.31. The van der Waals surface area contributed by atoms with Gasteiger partial charge < -0.3 is 10.6 Å². The van der Waals surface area contributed by atoms with E-state index in [2.05, 4.69) is 19.9 Å². The summed E-state index contributed by atoms with van der Waals surface area (Å²) in [6.07, 6.45) is 1.46. The van der Waals surface area contributed by atoms with Gasteiger partial charge in [0.05, 0.1) is 10.3 Å². The molecule has 0 unspecified atom stereocenters. The fourth-order valence-corrected chi connectivity index (χ4v) is 4.62. The molecule has 0 amide bonds. The van der Waals surface area contributed by atoms with Crippen LogP contribution in [0.2, 0.25) is 0 Å². The Morgan fingerprint density at radius 3 is 2.37 bits per heavy atom. The van der Waals surface area contributed by atoms with Crippen molar-refractivity contribution in [3.63, 3.8) is 0 Å². The quantitative estimate of drug-likeness (QED) is 0.728. The highest BCUT2D eigenvalue weighted by atomic mass is 32.2. The van der Waals surface area contributed by atoms with Crippen LogP contribution in [0.3, 0.4) is 0 Å². The summed E-state index contributed by atoms with van der Waals surface area (Å²) < 4.78 is 27.2. The molecule has 0 bridgehead atoms. The lowest BCUT2D eigenvalue weighted by Crippen LogP contribution is -2.49. The summed E-state index contributed by atoms with van der Waals surface area (Å²) in [5, 5.41) is 0.807. The number of pyridine rings is 1. The van der Waals surface area contributed by atoms with Crippen LogP contribution in [0.4, 0.5) is 11.6 Å². The van der Waals surface area contributed by atoms with Gasteiger partial charge in [-0.25, -0.2) is 23.4 Å². The van der Waals surface area contributed by atoms with Gasteiger partial charge in [0.15, 0.2) is 5.65 Å². The Hall–Kier alpha value is -2.78. The maximum absolute atomic E-state index is 12.8. The van der Waals surface area contributed by atoms with Crippen LogP contribution in [0.25, 0.3) is 11.0 Å². The molecule has 1 fully saturated rings. The van der Waals surface area contributed by atoms with Crippen molar-refractivity contribution in [1.29, 1.82) is 0 Å². The first kappa shape index (κ1) is 17.6. The van der Waals surface area contributed by atoms with Gasteiger partial charge in [0.2, 0.25) is 10.0 Å². The SMILES string of the molecule is Cc1ccc(S(=O)(=O)N2CCN(c3ncnc4nc(N)ccc34)CC2)cc1. The number of nitrogens with zero attached hydrogens (tertiary/aromatic N) is 5. The van der Waals surface area contributed by atoms with E-state index in [-0.39, 0.29) is 0 Å². The second-order valence-electron chi connectivity index (χ2n) is 6.51. The van der Waals surface area contributed by atoms with E-state index < -0.39 is 10.0 Å². The Morgan fingerprint density at radius 2 is 1.67 bits per heavy atom. The van der Waals surface area contributed by atoms with Crippen molar-refractivity contribution >= 4 is 32.7 Å². The zero-order valence-electron chi connectivity index (χ0n) is 14.9. The van der Waals surface area contributed by atoms with Gasteiger partial charge >= 0.3 is 0 Å². The average molecular weight is 384 g/mol. The minimum atomic E-state index is -3.49. The number of fused-ring (bicyclic) bond motifs is 1. The predicted octanol–water partition coefficient (Wildman–Crippen LogP) is 1.43. The molecular formula is C18H20N6O2S. The molecule has 1 aliphatic heterocycles. The normalized spacial score (nSPS) is 16.0. The van der Waals surface area contributed by atoms with Gasteiger partial charge in [-0.2, -0.15) is 4.31 Å². The van der Waals surface area contributed by atoms with Gasteiger partial charge in [0.25, 0.3) is 0 Å². The Kier molecular flexibility index (Phi) is 4.40. The molecule has 9 heteroatoms. The van der Waals surface area contributed by atoms with Crippen LogP contribution in [-0.4, -0.2) is 53.9 Å². The second-order valence-corrected chi connectivity index (χ2v) is 8.45. The maximum Gasteiger partial charge on any atom is 0.243 e. The number of benzene rings is 1. The molecule has 27 heavy (non-hydrogen) atoms. The molecule has 140 valence electrons. The average Bonchev–Trinajstić information content (AvgIpc) is 2.68. The molecule has 3 aromatic rings. The van der Waals surface area contributed by atoms with Crippen molar-refractivity contribution in [1.82, 2.24) is 19.3 Å². The number of anilines is 2. The Morgan fingerprint density at radius 1 is 0.963 bits per heavy atom. The highest BCUT2D eigenvalue weighted by molar-refractivity contribution is 7.89. The van der Waals surface area contributed by atoms with E-state index in [0.29, 0.717) is 42.5 Å². The molecule has 2 aromatic heterocycles. The molecule has 1 aromatic carbocycles. The van der Waals surface area contributed by atoms with Crippen LogP contribution in [-0.2, 0) is 10.0 Å². The minimum Gasteiger partial charge on any atom is -0.384 e. The van der Waals surface area contributed by atoms with E-state index >= 15 is 0 Å². The van der Waals surface area contributed by atoms with Gasteiger partial charge in [0.1, 0.15) is 18.0 Å². The lowest BCUT2D eigenvalue weighted by atomic mass is 10.2. The molecule has 1 saturated heterocycles. The standard InChI is InChI=1S/C18H20N6O2S/c1-13-2-4-14(5-3-13)27(25,26)24-10-8-23(9-11-24)18-15-6-7-16(19)22-17(15)20-12-21-18/h2-7,12H,8-11H2,1H3,(H2,19,20,21,22). The number of nitrogen functional groups attached to an aromatic ring is 1. The van der Waals surface area contributed by atoms with Gasteiger partial charge in [0, 0.05) is 26.2 Å². The third-order valence-electron chi connectivity index (χ3n) is 4.69. The summed E-state index contributed by atoms with van der Waals surface area (Å²) in [6, 6.07) is 10.5. The number of hydrogen-bond donors (Lipinski definition) is 1. The molecular weight excluding hydrogens is 364 g/mol. The Balaban J connectivity index is 1.55. The van der Waals surface area contributed by atoms with Crippen LogP contribution in [0.5, 0.6) is 0 Å². The molecule has 4 rings (SSSR count). The molecule has 0 atom stereocenters. The van der Waals surface area contributed by atoms with Crippen LogP contribution in [0.1, 0.15) is 5.56 Å².